The number of hydrogen-bond acceptors (Lipinski definition) is 2. The van der Waals surface area contributed by atoms with Crippen molar-refractivity contribution in [3.05, 3.63) is 35.1 Å². The topological polar surface area (TPSA) is 57.6 Å². The molecule has 0 bridgehead atoms. The van der Waals surface area contributed by atoms with E-state index in [0.29, 0.717) is 31.4 Å². The molecule has 2 unspecified atom stereocenters. The molecule has 1 amide bonds. The summed E-state index contributed by atoms with van der Waals surface area (Å²) in [5, 5.41) is 9.02. The summed E-state index contributed by atoms with van der Waals surface area (Å²) in [6.45, 7) is 0.793. The first-order chi connectivity index (χ1) is 9.58. The van der Waals surface area contributed by atoms with Crippen LogP contribution < -0.4 is 0 Å². The average molecular weight is 277 g/mol. The molecule has 0 radical (unpaired) electrons. The molecule has 2 atom stereocenters. The van der Waals surface area contributed by atoms with Crippen LogP contribution in [0.5, 0.6) is 0 Å². The van der Waals surface area contributed by atoms with Gasteiger partial charge in [-0.1, -0.05) is 12.1 Å². The Kier molecular flexibility index (Phi) is 3.20. The molecule has 1 fully saturated rings. The molecule has 4 nitrogen and oxygen atoms in total. The summed E-state index contributed by atoms with van der Waals surface area (Å²) in [6, 6.07) is 4.96. The van der Waals surface area contributed by atoms with Crippen molar-refractivity contribution >= 4 is 11.9 Å². The highest BCUT2D eigenvalue weighted by atomic mass is 19.1. The van der Waals surface area contributed by atoms with Gasteiger partial charge in [-0.05, 0) is 30.9 Å². The van der Waals surface area contributed by atoms with E-state index >= 15 is 0 Å². The maximum atomic E-state index is 13.8. The summed E-state index contributed by atoms with van der Waals surface area (Å²) in [5.74, 6) is -2.33. The minimum absolute atomic E-state index is 0.141. The van der Waals surface area contributed by atoms with Gasteiger partial charge in [0.2, 0.25) is 5.91 Å². The Bertz CT molecular complexity index is 572. The molecule has 1 aromatic rings. The highest BCUT2D eigenvalue weighted by Gasteiger charge is 2.43. The Morgan fingerprint density at radius 3 is 2.65 bits per heavy atom. The zero-order chi connectivity index (χ0) is 14.3. The van der Waals surface area contributed by atoms with Gasteiger partial charge in [0, 0.05) is 18.7 Å². The maximum absolute atomic E-state index is 13.8. The van der Waals surface area contributed by atoms with E-state index in [2.05, 4.69) is 0 Å². The Morgan fingerprint density at radius 1 is 1.25 bits per heavy atom. The first-order valence-electron chi connectivity index (χ1n) is 6.86. The summed E-state index contributed by atoms with van der Waals surface area (Å²) < 4.78 is 13.8. The molecule has 1 heterocycles. The first-order valence-corrected chi connectivity index (χ1v) is 6.86. The van der Waals surface area contributed by atoms with E-state index in [0.717, 1.165) is 5.56 Å². The molecule has 1 saturated carbocycles. The summed E-state index contributed by atoms with van der Waals surface area (Å²) in [4.78, 5) is 25.0. The van der Waals surface area contributed by atoms with Crippen LogP contribution in [0.4, 0.5) is 4.39 Å². The SMILES string of the molecule is O=C(O)C1CCC1C(=O)N1CCc2cccc(F)c2C1. The highest BCUT2D eigenvalue weighted by molar-refractivity contribution is 5.86. The van der Waals surface area contributed by atoms with Gasteiger partial charge in [-0.2, -0.15) is 0 Å². The number of fused-ring (bicyclic) bond motifs is 1. The standard InChI is InChI=1S/C15H16FNO3/c16-13-3-1-2-9-6-7-17(8-12(9)13)14(18)10-4-5-11(10)15(19)20/h1-3,10-11H,4-8H2,(H,19,20). The number of carbonyl (C=O) groups is 2. The Morgan fingerprint density at radius 2 is 2.00 bits per heavy atom. The third kappa shape index (κ3) is 2.07. The minimum atomic E-state index is -0.904. The van der Waals surface area contributed by atoms with Gasteiger partial charge >= 0.3 is 5.97 Å². The number of nitrogens with zero attached hydrogens (tertiary/aromatic N) is 1. The highest BCUT2D eigenvalue weighted by Crippen LogP contribution is 2.37. The average Bonchev–Trinajstić information content (AvgIpc) is 2.36. The van der Waals surface area contributed by atoms with Gasteiger partial charge in [-0.15, -0.1) is 0 Å². The summed E-state index contributed by atoms with van der Waals surface area (Å²) in [6.07, 6.45) is 1.81. The second-order valence-corrected chi connectivity index (χ2v) is 5.52. The number of amides is 1. The van der Waals surface area contributed by atoms with Crippen LogP contribution in [-0.2, 0) is 22.6 Å². The lowest BCUT2D eigenvalue weighted by molar-refractivity contribution is -0.157. The quantitative estimate of drug-likeness (QED) is 0.897. The van der Waals surface area contributed by atoms with Gasteiger partial charge in [0.1, 0.15) is 5.82 Å². The van der Waals surface area contributed by atoms with Crippen LogP contribution in [-0.4, -0.2) is 28.4 Å². The first kappa shape index (κ1) is 13.1. The third-order valence-electron chi connectivity index (χ3n) is 4.44. The Hall–Kier alpha value is -1.91. The lowest BCUT2D eigenvalue weighted by Crippen LogP contribution is -2.47. The summed E-state index contributed by atoms with van der Waals surface area (Å²) in [5.41, 5.74) is 1.51. The van der Waals surface area contributed by atoms with E-state index in [1.807, 2.05) is 6.07 Å². The predicted molar refractivity (Wildman–Crippen MR) is 69.4 cm³/mol. The molecule has 5 heteroatoms. The van der Waals surface area contributed by atoms with Gasteiger partial charge in [-0.25, -0.2) is 4.39 Å². The molecule has 1 N–H and O–H groups in total. The molecule has 1 aliphatic carbocycles. The van der Waals surface area contributed by atoms with Crippen molar-refractivity contribution in [1.82, 2.24) is 4.90 Å². The van der Waals surface area contributed by atoms with Crippen LogP contribution in [0.15, 0.2) is 18.2 Å². The van der Waals surface area contributed by atoms with Crippen molar-refractivity contribution in [2.45, 2.75) is 25.8 Å². The second kappa shape index (κ2) is 4.89. The van der Waals surface area contributed by atoms with E-state index in [9.17, 15) is 14.0 Å². The number of benzene rings is 1. The molecule has 0 saturated heterocycles. The fourth-order valence-corrected chi connectivity index (χ4v) is 3.05. The monoisotopic (exact) mass is 277 g/mol. The van der Waals surface area contributed by atoms with Gasteiger partial charge in [-0.3, -0.25) is 9.59 Å². The van der Waals surface area contributed by atoms with Crippen molar-refractivity contribution in [3.8, 4) is 0 Å². The van der Waals surface area contributed by atoms with E-state index in [-0.39, 0.29) is 18.3 Å². The van der Waals surface area contributed by atoms with Crippen LogP contribution in [0, 0.1) is 17.7 Å². The smallest absolute Gasteiger partial charge is 0.307 e. The molecule has 1 aliphatic heterocycles. The van der Waals surface area contributed by atoms with Crippen LogP contribution >= 0.6 is 0 Å². The predicted octanol–water partition coefficient (Wildman–Crippen LogP) is 1.82. The van der Waals surface area contributed by atoms with E-state index in [4.69, 9.17) is 5.11 Å². The molecular weight excluding hydrogens is 261 g/mol. The fourth-order valence-electron chi connectivity index (χ4n) is 3.05. The van der Waals surface area contributed by atoms with E-state index in [1.54, 1.807) is 11.0 Å². The van der Waals surface area contributed by atoms with Crippen molar-refractivity contribution in [2.75, 3.05) is 6.54 Å². The zero-order valence-electron chi connectivity index (χ0n) is 11.0. The molecular formula is C15H16FNO3. The lowest BCUT2D eigenvalue weighted by Gasteiger charge is -2.38. The number of carboxylic acids is 1. The van der Waals surface area contributed by atoms with E-state index in [1.165, 1.54) is 6.07 Å². The van der Waals surface area contributed by atoms with Crippen molar-refractivity contribution in [3.63, 3.8) is 0 Å². The number of aliphatic carboxylic acids is 1. The second-order valence-electron chi connectivity index (χ2n) is 5.52. The Balaban J connectivity index is 1.75. The van der Waals surface area contributed by atoms with Crippen LogP contribution in [0.25, 0.3) is 0 Å². The third-order valence-corrected chi connectivity index (χ3v) is 4.44. The maximum Gasteiger partial charge on any atom is 0.307 e. The number of carboxylic acid groups (broad SMARTS) is 1. The molecule has 0 spiro atoms. The van der Waals surface area contributed by atoms with Crippen molar-refractivity contribution in [1.29, 1.82) is 0 Å². The zero-order valence-corrected chi connectivity index (χ0v) is 11.0. The molecule has 3 rings (SSSR count). The Labute approximate surface area is 116 Å². The lowest BCUT2D eigenvalue weighted by atomic mass is 9.72. The number of halogens is 1. The largest absolute Gasteiger partial charge is 0.481 e. The number of rotatable bonds is 2. The normalized spacial score (nSPS) is 24.8. The minimum Gasteiger partial charge on any atom is -0.481 e. The van der Waals surface area contributed by atoms with Gasteiger partial charge in [0.25, 0.3) is 0 Å². The van der Waals surface area contributed by atoms with Crippen LogP contribution in [0.2, 0.25) is 0 Å². The molecule has 0 aromatic heterocycles. The molecule has 20 heavy (non-hydrogen) atoms. The molecule has 2 aliphatic rings. The van der Waals surface area contributed by atoms with Crippen LogP contribution in [0.3, 0.4) is 0 Å². The van der Waals surface area contributed by atoms with Crippen molar-refractivity contribution in [2.24, 2.45) is 11.8 Å². The fraction of sp³-hybridized carbons (Fsp3) is 0.467. The number of carbonyl (C=O) groups excluding carboxylic acids is 1. The molecule has 1 aromatic carbocycles. The number of hydrogen-bond donors (Lipinski definition) is 1. The van der Waals surface area contributed by atoms with Crippen LogP contribution in [0.1, 0.15) is 24.0 Å². The van der Waals surface area contributed by atoms with Gasteiger partial charge in [0.05, 0.1) is 11.8 Å². The van der Waals surface area contributed by atoms with E-state index < -0.39 is 17.8 Å². The van der Waals surface area contributed by atoms with Gasteiger partial charge in [0.15, 0.2) is 0 Å². The van der Waals surface area contributed by atoms with Gasteiger partial charge < -0.3 is 10.0 Å². The van der Waals surface area contributed by atoms with Crippen molar-refractivity contribution < 1.29 is 19.1 Å². The molecule has 106 valence electrons. The summed E-state index contributed by atoms with van der Waals surface area (Å²) in [7, 11) is 0. The summed E-state index contributed by atoms with van der Waals surface area (Å²) >= 11 is 0.